The van der Waals surface area contributed by atoms with Gasteiger partial charge in [0.2, 0.25) is 0 Å². The van der Waals surface area contributed by atoms with Gasteiger partial charge in [-0.2, -0.15) is 5.10 Å². The SMILES string of the molecule is CCOc1ccc(C(=O)Nc2ccc(Nc3cc(-n4cccn4)nc(C)n3)cc2)cc1. The van der Waals surface area contributed by atoms with Crippen molar-refractivity contribution in [3.63, 3.8) is 0 Å². The molecule has 0 spiro atoms. The van der Waals surface area contributed by atoms with Crippen molar-refractivity contribution in [2.24, 2.45) is 0 Å². The zero-order valence-corrected chi connectivity index (χ0v) is 17.2. The molecule has 2 aromatic carbocycles. The van der Waals surface area contributed by atoms with Crippen molar-refractivity contribution in [3.05, 3.63) is 84.4 Å². The van der Waals surface area contributed by atoms with E-state index < -0.39 is 0 Å². The van der Waals surface area contributed by atoms with Gasteiger partial charge in [0.1, 0.15) is 17.4 Å². The highest BCUT2D eigenvalue weighted by Crippen LogP contribution is 2.20. The first kappa shape index (κ1) is 20.1. The first-order chi connectivity index (χ1) is 15.1. The summed E-state index contributed by atoms with van der Waals surface area (Å²) < 4.78 is 7.08. The number of anilines is 3. The molecule has 0 fully saturated rings. The largest absolute Gasteiger partial charge is 0.494 e. The lowest BCUT2D eigenvalue weighted by molar-refractivity contribution is 0.102. The van der Waals surface area contributed by atoms with Crippen LogP contribution in [-0.4, -0.2) is 32.3 Å². The first-order valence-electron chi connectivity index (χ1n) is 9.88. The third kappa shape index (κ3) is 5.05. The molecular weight excluding hydrogens is 392 g/mol. The molecule has 0 saturated heterocycles. The minimum Gasteiger partial charge on any atom is -0.494 e. The quantitative estimate of drug-likeness (QED) is 0.467. The van der Waals surface area contributed by atoms with Gasteiger partial charge in [0, 0.05) is 35.4 Å². The summed E-state index contributed by atoms with van der Waals surface area (Å²) in [4.78, 5) is 21.3. The highest BCUT2D eigenvalue weighted by Gasteiger charge is 2.08. The highest BCUT2D eigenvalue weighted by atomic mass is 16.5. The number of carbonyl (C=O) groups is 1. The Bertz CT molecular complexity index is 1160. The molecule has 0 bridgehead atoms. The fourth-order valence-corrected chi connectivity index (χ4v) is 2.99. The van der Waals surface area contributed by atoms with Gasteiger partial charge in [0.05, 0.1) is 6.61 Å². The number of ether oxygens (including phenoxy) is 1. The third-order valence-electron chi connectivity index (χ3n) is 4.41. The van der Waals surface area contributed by atoms with E-state index in [-0.39, 0.29) is 5.91 Å². The Balaban J connectivity index is 1.42. The maximum Gasteiger partial charge on any atom is 0.255 e. The summed E-state index contributed by atoms with van der Waals surface area (Å²) >= 11 is 0. The van der Waals surface area contributed by atoms with Crippen molar-refractivity contribution in [1.29, 1.82) is 0 Å². The van der Waals surface area contributed by atoms with Crippen molar-refractivity contribution in [2.75, 3.05) is 17.2 Å². The van der Waals surface area contributed by atoms with Crippen LogP contribution in [0.25, 0.3) is 5.82 Å². The smallest absolute Gasteiger partial charge is 0.255 e. The molecule has 0 atom stereocenters. The fraction of sp³-hybridized carbons (Fsp3) is 0.130. The number of nitrogens with one attached hydrogen (secondary N) is 2. The predicted molar refractivity (Wildman–Crippen MR) is 119 cm³/mol. The molecule has 31 heavy (non-hydrogen) atoms. The molecule has 4 aromatic rings. The summed E-state index contributed by atoms with van der Waals surface area (Å²) in [5, 5.41) is 10.4. The summed E-state index contributed by atoms with van der Waals surface area (Å²) in [5.41, 5.74) is 2.09. The number of hydrogen-bond donors (Lipinski definition) is 2. The van der Waals surface area contributed by atoms with Gasteiger partial charge in [-0.15, -0.1) is 0 Å². The molecule has 0 aliphatic heterocycles. The predicted octanol–water partition coefficient (Wildman–Crippen LogP) is 4.37. The van der Waals surface area contributed by atoms with Gasteiger partial charge in [0.25, 0.3) is 5.91 Å². The molecule has 0 radical (unpaired) electrons. The molecule has 0 aliphatic carbocycles. The van der Waals surface area contributed by atoms with Crippen molar-refractivity contribution in [1.82, 2.24) is 19.7 Å². The van der Waals surface area contributed by atoms with Gasteiger partial charge >= 0.3 is 0 Å². The van der Waals surface area contributed by atoms with Crippen LogP contribution in [0.4, 0.5) is 17.2 Å². The van der Waals surface area contributed by atoms with Crippen LogP contribution < -0.4 is 15.4 Å². The molecule has 8 heteroatoms. The molecule has 0 unspecified atom stereocenters. The first-order valence-corrected chi connectivity index (χ1v) is 9.88. The standard InChI is InChI=1S/C23H22N6O2/c1-3-31-20-11-5-17(6-12-20)23(30)28-19-9-7-18(8-10-19)27-21-15-22(26-16(2)25-21)29-14-4-13-24-29/h4-15H,3H2,1-2H3,(H,28,30)(H,25,26,27). The van der Waals surface area contributed by atoms with Gasteiger partial charge < -0.3 is 15.4 Å². The second-order valence-corrected chi connectivity index (χ2v) is 6.72. The van der Waals surface area contributed by atoms with Crippen molar-refractivity contribution in [2.45, 2.75) is 13.8 Å². The Morgan fingerprint density at radius 1 is 1.03 bits per heavy atom. The van der Waals surface area contributed by atoms with Crippen molar-refractivity contribution < 1.29 is 9.53 Å². The van der Waals surface area contributed by atoms with E-state index in [2.05, 4.69) is 25.7 Å². The van der Waals surface area contributed by atoms with Crippen LogP contribution in [0.1, 0.15) is 23.1 Å². The number of rotatable bonds is 7. The third-order valence-corrected chi connectivity index (χ3v) is 4.41. The zero-order chi connectivity index (χ0) is 21.6. The summed E-state index contributed by atoms with van der Waals surface area (Å²) in [6.45, 7) is 4.34. The van der Waals surface area contributed by atoms with Crippen LogP contribution in [-0.2, 0) is 0 Å². The van der Waals surface area contributed by atoms with Gasteiger partial charge in [-0.3, -0.25) is 4.79 Å². The van der Waals surface area contributed by atoms with Gasteiger partial charge in [-0.05, 0) is 68.4 Å². The van der Waals surface area contributed by atoms with Gasteiger partial charge in [0.15, 0.2) is 5.82 Å². The Labute approximate surface area is 179 Å². The van der Waals surface area contributed by atoms with E-state index in [1.165, 1.54) is 0 Å². The molecule has 2 N–H and O–H groups in total. The molecule has 0 saturated carbocycles. The van der Waals surface area contributed by atoms with Gasteiger partial charge in [-0.25, -0.2) is 14.6 Å². The lowest BCUT2D eigenvalue weighted by Crippen LogP contribution is -2.11. The molecular formula is C23H22N6O2. The molecule has 2 heterocycles. The maximum absolute atomic E-state index is 12.5. The molecule has 0 aliphatic rings. The zero-order valence-electron chi connectivity index (χ0n) is 17.2. The van der Waals surface area contributed by atoms with E-state index >= 15 is 0 Å². The Morgan fingerprint density at radius 2 is 1.77 bits per heavy atom. The average Bonchev–Trinajstić information content (AvgIpc) is 3.31. The second kappa shape index (κ2) is 9.08. The minimum atomic E-state index is -0.181. The minimum absolute atomic E-state index is 0.181. The van der Waals surface area contributed by atoms with Crippen molar-refractivity contribution >= 4 is 23.1 Å². The van der Waals surface area contributed by atoms with E-state index in [1.54, 1.807) is 35.1 Å². The van der Waals surface area contributed by atoms with Crippen molar-refractivity contribution in [3.8, 4) is 11.6 Å². The van der Waals surface area contributed by atoms with E-state index in [0.717, 1.165) is 11.4 Å². The lowest BCUT2D eigenvalue weighted by Gasteiger charge is -2.10. The van der Waals surface area contributed by atoms with Crippen LogP contribution in [0.2, 0.25) is 0 Å². The fourth-order valence-electron chi connectivity index (χ4n) is 2.99. The van der Waals surface area contributed by atoms with E-state index in [1.807, 2.05) is 56.4 Å². The van der Waals surface area contributed by atoms with Gasteiger partial charge in [-0.1, -0.05) is 0 Å². The maximum atomic E-state index is 12.5. The monoisotopic (exact) mass is 414 g/mol. The summed E-state index contributed by atoms with van der Waals surface area (Å²) in [6.07, 6.45) is 3.53. The normalized spacial score (nSPS) is 10.5. The van der Waals surface area contributed by atoms with Crippen LogP contribution in [0.15, 0.2) is 73.1 Å². The van der Waals surface area contributed by atoms with E-state index in [0.29, 0.717) is 35.3 Å². The van der Waals surface area contributed by atoms with E-state index in [4.69, 9.17) is 4.74 Å². The number of benzene rings is 2. The number of carbonyl (C=O) groups excluding carboxylic acids is 1. The average molecular weight is 414 g/mol. The highest BCUT2D eigenvalue weighted by molar-refractivity contribution is 6.04. The van der Waals surface area contributed by atoms with Crippen LogP contribution in [0.5, 0.6) is 5.75 Å². The molecule has 156 valence electrons. The molecule has 8 nitrogen and oxygen atoms in total. The van der Waals surface area contributed by atoms with Crippen LogP contribution in [0.3, 0.4) is 0 Å². The second-order valence-electron chi connectivity index (χ2n) is 6.72. The molecule has 4 rings (SSSR count). The number of hydrogen-bond acceptors (Lipinski definition) is 6. The Kier molecular flexibility index (Phi) is 5.89. The molecule has 1 amide bonds. The summed E-state index contributed by atoms with van der Waals surface area (Å²) in [7, 11) is 0. The topological polar surface area (TPSA) is 94.0 Å². The summed E-state index contributed by atoms with van der Waals surface area (Å²) in [6, 6.07) is 18.1. The number of aryl methyl sites for hydroxylation is 1. The number of amides is 1. The molecule has 2 aromatic heterocycles. The van der Waals surface area contributed by atoms with E-state index in [9.17, 15) is 4.79 Å². The Morgan fingerprint density at radius 3 is 2.45 bits per heavy atom. The summed E-state index contributed by atoms with van der Waals surface area (Å²) in [5.74, 6) is 2.53. The Hall–Kier alpha value is -4.20. The number of aromatic nitrogens is 4. The van der Waals surface area contributed by atoms with Crippen LogP contribution in [0, 0.1) is 6.92 Å². The number of nitrogens with zero attached hydrogens (tertiary/aromatic N) is 4. The lowest BCUT2D eigenvalue weighted by atomic mass is 10.2. The van der Waals surface area contributed by atoms with Crippen LogP contribution >= 0.6 is 0 Å².